The summed E-state index contributed by atoms with van der Waals surface area (Å²) in [4.78, 5) is 12.9. The van der Waals surface area contributed by atoms with Crippen LogP contribution in [0, 0.1) is 0 Å². The van der Waals surface area contributed by atoms with E-state index < -0.39 is 0 Å². The lowest BCUT2D eigenvalue weighted by molar-refractivity contribution is -0.133. The predicted octanol–water partition coefficient (Wildman–Crippen LogP) is 0.396. The fourth-order valence-corrected chi connectivity index (χ4v) is 1.67. The summed E-state index contributed by atoms with van der Waals surface area (Å²) in [5.74, 6) is 0.125. The Morgan fingerprint density at radius 2 is 2.43 bits per heavy atom. The van der Waals surface area contributed by atoms with Crippen molar-refractivity contribution in [1.29, 1.82) is 0 Å². The minimum Gasteiger partial charge on any atom is -0.396 e. The van der Waals surface area contributed by atoms with Gasteiger partial charge in [-0.1, -0.05) is 0 Å². The van der Waals surface area contributed by atoms with E-state index in [4.69, 9.17) is 9.84 Å². The summed E-state index contributed by atoms with van der Waals surface area (Å²) < 4.78 is 5.55. The molecule has 14 heavy (non-hydrogen) atoms. The quantitative estimate of drug-likeness (QED) is 0.670. The highest BCUT2D eigenvalue weighted by Crippen LogP contribution is 2.13. The summed E-state index contributed by atoms with van der Waals surface area (Å²) in [5.41, 5.74) is 0. The highest BCUT2D eigenvalue weighted by Gasteiger charge is 2.21. The van der Waals surface area contributed by atoms with Gasteiger partial charge in [0.25, 0.3) is 0 Å². The van der Waals surface area contributed by atoms with Crippen molar-refractivity contribution in [2.45, 2.75) is 32.3 Å². The van der Waals surface area contributed by atoms with Gasteiger partial charge < -0.3 is 14.7 Å². The van der Waals surface area contributed by atoms with Crippen molar-refractivity contribution in [3.05, 3.63) is 0 Å². The molecular weight excluding hydrogens is 182 g/mol. The molecule has 1 unspecified atom stereocenters. The van der Waals surface area contributed by atoms with Crippen LogP contribution in [0.5, 0.6) is 0 Å². The number of likely N-dealkylation sites (tertiary alicyclic amines) is 1. The van der Waals surface area contributed by atoms with E-state index >= 15 is 0 Å². The first-order valence-corrected chi connectivity index (χ1v) is 5.22. The average Bonchev–Trinajstić information content (AvgIpc) is 2.19. The Bertz CT molecular complexity index is 184. The Morgan fingerprint density at radius 1 is 1.64 bits per heavy atom. The van der Waals surface area contributed by atoms with E-state index in [-0.39, 0.29) is 18.6 Å². The summed E-state index contributed by atoms with van der Waals surface area (Å²) in [7, 11) is 0. The third-order valence-electron chi connectivity index (χ3n) is 2.48. The maximum absolute atomic E-state index is 11.1. The standard InChI is InChI=1S/C10H19NO3/c1-9(13)11-5-2-4-10(8-11)14-7-3-6-12/h10,12H,2-8H2,1H3. The molecule has 1 aliphatic heterocycles. The summed E-state index contributed by atoms with van der Waals surface area (Å²) in [6.07, 6.45) is 2.88. The van der Waals surface area contributed by atoms with Crippen molar-refractivity contribution < 1.29 is 14.6 Å². The maximum atomic E-state index is 11.1. The minimum absolute atomic E-state index is 0.125. The summed E-state index contributed by atoms with van der Waals surface area (Å²) in [6.45, 7) is 3.92. The molecular formula is C10H19NO3. The summed E-state index contributed by atoms with van der Waals surface area (Å²) >= 11 is 0. The first kappa shape index (κ1) is 11.5. The molecule has 1 aliphatic rings. The van der Waals surface area contributed by atoms with Crippen LogP contribution < -0.4 is 0 Å². The Balaban J connectivity index is 2.22. The molecule has 4 heteroatoms. The van der Waals surface area contributed by atoms with Gasteiger partial charge in [0.2, 0.25) is 5.91 Å². The molecule has 1 fully saturated rings. The van der Waals surface area contributed by atoms with E-state index in [0.29, 0.717) is 19.6 Å². The number of aliphatic hydroxyl groups excluding tert-OH is 1. The number of carbonyl (C=O) groups is 1. The van der Waals surface area contributed by atoms with Gasteiger partial charge in [0.1, 0.15) is 0 Å². The lowest BCUT2D eigenvalue weighted by Crippen LogP contribution is -2.42. The molecule has 1 amide bonds. The molecule has 0 spiro atoms. The van der Waals surface area contributed by atoms with E-state index in [9.17, 15) is 4.79 Å². The van der Waals surface area contributed by atoms with Crippen LogP contribution >= 0.6 is 0 Å². The Kier molecular flexibility index (Phi) is 4.90. The molecule has 1 rings (SSSR count). The zero-order chi connectivity index (χ0) is 10.4. The molecule has 1 saturated heterocycles. The topological polar surface area (TPSA) is 49.8 Å². The van der Waals surface area contributed by atoms with Gasteiger partial charge in [-0.2, -0.15) is 0 Å². The molecule has 0 aromatic carbocycles. The van der Waals surface area contributed by atoms with Crippen molar-refractivity contribution in [2.75, 3.05) is 26.3 Å². The summed E-state index contributed by atoms with van der Waals surface area (Å²) in [5, 5.41) is 8.59. The van der Waals surface area contributed by atoms with Crippen LogP contribution in [0.25, 0.3) is 0 Å². The number of aliphatic hydroxyl groups is 1. The first-order valence-electron chi connectivity index (χ1n) is 5.22. The fraction of sp³-hybridized carbons (Fsp3) is 0.900. The van der Waals surface area contributed by atoms with Gasteiger partial charge in [-0.3, -0.25) is 4.79 Å². The molecule has 0 bridgehead atoms. The van der Waals surface area contributed by atoms with Crippen LogP contribution in [0.15, 0.2) is 0 Å². The molecule has 1 heterocycles. The highest BCUT2D eigenvalue weighted by molar-refractivity contribution is 5.73. The highest BCUT2D eigenvalue weighted by atomic mass is 16.5. The van der Waals surface area contributed by atoms with Crippen LogP contribution in [0.4, 0.5) is 0 Å². The molecule has 0 aliphatic carbocycles. The van der Waals surface area contributed by atoms with Crippen LogP contribution in [-0.2, 0) is 9.53 Å². The zero-order valence-corrected chi connectivity index (χ0v) is 8.74. The Morgan fingerprint density at radius 3 is 3.07 bits per heavy atom. The average molecular weight is 201 g/mol. The lowest BCUT2D eigenvalue weighted by Gasteiger charge is -2.31. The van der Waals surface area contributed by atoms with Gasteiger partial charge in [-0.15, -0.1) is 0 Å². The normalized spacial score (nSPS) is 22.4. The van der Waals surface area contributed by atoms with Gasteiger partial charge >= 0.3 is 0 Å². The van der Waals surface area contributed by atoms with Crippen molar-refractivity contribution >= 4 is 5.91 Å². The first-order chi connectivity index (χ1) is 6.74. The second-order valence-corrected chi connectivity index (χ2v) is 3.68. The van der Waals surface area contributed by atoms with Crippen LogP contribution in [-0.4, -0.2) is 48.3 Å². The number of carbonyl (C=O) groups excluding carboxylic acids is 1. The zero-order valence-electron chi connectivity index (χ0n) is 8.74. The monoisotopic (exact) mass is 201 g/mol. The molecule has 0 aromatic heterocycles. The number of hydrogen-bond donors (Lipinski definition) is 1. The minimum atomic E-state index is 0.125. The third-order valence-corrected chi connectivity index (χ3v) is 2.48. The van der Waals surface area contributed by atoms with Crippen molar-refractivity contribution in [2.24, 2.45) is 0 Å². The predicted molar refractivity (Wildman–Crippen MR) is 52.9 cm³/mol. The largest absolute Gasteiger partial charge is 0.396 e. The number of hydrogen-bond acceptors (Lipinski definition) is 3. The molecule has 1 atom stereocenters. The van der Waals surface area contributed by atoms with Gasteiger partial charge in [0.15, 0.2) is 0 Å². The SMILES string of the molecule is CC(=O)N1CCCC(OCCCO)C1. The number of rotatable bonds is 4. The van der Waals surface area contributed by atoms with Crippen LogP contribution in [0.2, 0.25) is 0 Å². The summed E-state index contributed by atoms with van der Waals surface area (Å²) in [6, 6.07) is 0. The number of amides is 1. The Labute approximate surface area is 84.8 Å². The third kappa shape index (κ3) is 3.64. The van der Waals surface area contributed by atoms with E-state index in [0.717, 1.165) is 19.4 Å². The van der Waals surface area contributed by atoms with Crippen LogP contribution in [0.1, 0.15) is 26.2 Å². The lowest BCUT2D eigenvalue weighted by atomic mass is 10.1. The van der Waals surface area contributed by atoms with Crippen molar-refractivity contribution in [3.8, 4) is 0 Å². The van der Waals surface area contributed by atoms with E-state index in [2.05, 4.69) is 0 Å². The van der Waals surface area contributed by atoms with E-state index in [1.165, 1.54) is 0 Å². The van der Waals surface area contributed by atoms with Gasteiger partial charge in [-0.25, -0.2) is 0 Å². The smallest absolute Gasteiger partial charge is 0.219 e. The molecule has 82 valence electrons. The maximum Gasteiger partial charge on any atom is 0.219 e. The second-order valence-electron chi connectivity index (χ2n) is 3.68. The second kappa shape index (κ2) is 5.98. The number of nitrogens with zero attached hydrogens (tertiary/aromatic N) is 1. The number of ether oxygens (including phenoxy) is 1. The van der Waals surface area contributed by atoms with Crippen molar-refractivity contribution in [1.82, 2.24) is 4.90 Å². The molecule has 1 N–H and O–H groups in total. The van der Waals surface area contributed by atoms with Gasteiger partial charge in [0.05, 0.1) is 6.10 Å². The molecule has 4 nitrogen and oxygen atoms in total. The fourth-order valence-electron chi connectivity index (χ4n) is 1.67. The number of piperidine rings is 1. The molecule has 0 aromatic rings. The van der Waals surface area contributed by atoms with E-state index in [1.807, 2.05) is 4.90 Å². The Hall–Kier alpha value is -0.610. The van der Waals surface area contributed by atoms with Crippen LogP contribution in [0.3, 0.4) is 0 Å². The molecule has 0 saturated carbocycles. The van der Waals surface area contributed by atoms with Gasteiger partial charge in [0, 0.05) is 33.2 Å². The molecule has 0 radical (unpaired) electrons. The van der Waals surface area contributed by atoms with E-state index in [1.54, 1.807) is 6.92 Å². The van der Waals surface area contributed by atoms with Gasteiger partial charge in [-0.05, 0) is 19.3 Å². The van der Waals surface area contributed by atoms with Crippen molar-refractivity contribution in [3.63, 3.8) is 0 Å².